The van der Waals surface area contributed by atoms with Gasteiger partial charge < -0.3 is 4.74 Å². The van der Waals surface area contributed by atoms with Crippen molar-refractivity contribution in [2.24, 2.45) is 0 Å². The zero-order chi connectivity index (χ0) is 20.1. The van der Waals surface area contributed by atoms with Crippen LogP contribution >= 0.6 is 0 Å². The molecule has 28 heavy (non-hydrogen) atoms. The van der Waals surface area contributed by atoms with Gasteiger partial charge in [-0.1, -0.05) is 19.4 Å². The number of aromatic nitrogens is 4. The van der Waals surface area contributed by atoms with Crippen LogP contribution in [-0.2, 0) is 27.9 Å². The Hall–Kier alpha value is -2.33. The van der Waals surface area contributed by atoms with Gasteiger partial charge in [0.2, 0.25) is 10.0 Å². The van der Waals surface area contributed by atoms with Crippen LogP contribution in [0.15, 0.2) is 23.1 Å². The van der Waals surface area contributed by atoms with Gasteiger partial charge in [0.05, 0.1) is 10.5 Å². The SMILES string of the molecule is CCCn1nnnc1COC(=O)c1cc(S(=O)(=O)N2CCCCC2)ccc1C. The number of ether oxygens (including phenoxy) is 1. The van der Waals surface area contributed by atoms with Gasteiger partial charge in [0.1, 0.15) is 0 Å². The fourth-order valence-electron chi connectivity index (χ4n) is 3.16. The van der Waals surface area contributed by atoms with Gasteiger partial charge in [0.15, 0.2) is 12.4 Å². The number of rotatable bonds is 7. The summed E-state index contributed by atoms with van der Waals surface area (Å²) in [6, 6.07) is 4.57. The third-order valence-electron chi connectivity index (χ3n) is 4.76. The molecule has 10 heteroatoms. The van der Waals surface area contributed by atoms with Crippen LogP contribution in [0.4, 0.5) is 0 Å². The minimum atomic E-state index is -3.62. The maximum absolute atomic E-state index is 12.9. The number of esters is 1. The molecule has 1 aliphatic rings. The molecule has 2 aromatic rings. The summed E-state index contributed by atoms with van der Waals surface area (Å²) >= 11 is 0. The molecule has 0 saturated carbocycles. The zero-order valence-corrected chi connectivity index (χ0v) is 17.0. The molecule has 0 amide bonds. The van der Waals surface area contributed by atoms with Crippen molar-refractivity contribution in [3.63, 3.8) is 0 Å². The van der Waals surface area contributed by atoms with E-state index in [2.05, 4.69) is 15.5 Å². The Bertz CT molecular complexity index is 935. The number of hydrogen-bond acceptors (Lipinski definition) is 7. The first kappa shape index (κ1) is 20.4. The first-order chi connectivity index (χ1) is 13.4. The second-order valence-electron chi connectivity index (χ2n) is 6.84. The molecule has 3 rings (SSSR count). The molecule has 1 aromatic heterocycles. The lowest BCUT2D eigenvalue weighted by Gasteiger charge is -2.26. The van der Waals surface area contributed by atoms with E-state index in [1.807, 2.05) is 6.92 Å². The molecule has 1 fully saturated rings. The van der Waals surface area contributed by atoms with Gasteiger partial charge in [-0.2, -0.15) is 4.31 Å². The van der Waals surface area contributed by atoms with Crippen molar-refractivity contribution in [3.8, 4) is 0 Å². The lowest BCUT2D eigenvalue weighted by Crippen LogP contribution is -2.35. The first-order valence-electron chi connectivity index (χ1n) is 9.46. The van der Waals surface area contributed by atoms with Gasteiger partial charge in [0, 0.05) is 19.6 Å². The van der Waals surface area contributed by atoms with E-state index in [9.17, 15) is 13.2 Å². The number of hydrogen-bond donors (Lipinski definition) is 0. The van der Waals surface area contributed by atoms with Gasteiger partial charge in [-0.3, -0.25) is 0 Å². The summed E-state index contributed by atoms with van der Waals surface area (Å²) in [6.45, 7) is 5.31. The summed E-state index contributed by atoms with van der Waals surface area (Å²) in [5, 5.41) is 11.3. The van der Waals surface area contributed by atoms with Crippen LogP contribution in [0.1, 0.15) is 54.4 Å². The number of nitrogens with zero attached hydrogens (tertiary/aromatic N) is 5. The van der Waals surface area contributed by atoms with Gasteiger partial charge in [0.25, 0.3) is 0 Å². The number of benzene rings is 1. The topological polar surface area (TPSA) is 107 Å². The summed E-state index contributed by atoms with van der Waals surface area (Å²) in [5.41, 5.74) is 0.878. The number of sulfonamides is 1. The molecule has 9 nitrogen and oxygen atoms in total. The van der Waals surface area contributed by atoms with Crippen molar-refractivity contribution in [1.29, 1.82) is 0 Å². The average Bonchev–Trinajstić information content (AvgIpc) is 3.14. The van der Waals surface area contributed by atoms with Gasteiger partial charge >= 0.3 is 5.97 Å². The van der Waals surface area contributed by atoms with Crippen molar-refractivity contribution in [3.05, 3.63) is 35.2 Å². The van der Waals surface area contributed by atoms with Crippen LogP contribution in [-0.4, -0.2) is 52.0 Å². The minimum Gasteiger partial charge on any atom is -0.454 e. The number of piperidine rings is 1. The molecule has 0 N–H and O–H groups in total. The maximum Gasteiger partial charge on any atom is 0.338 e. The normalized spacial score (nSPS) is 15.5. The van der Waals surface area contributed by atoms with Gasteiger partial charge in [-0.15, -0.1) is 5.10 Å². The Morgan fingerprint density at radius 3 is 2.68 bits per heavy atom. The summed E-state index contributed by atoms with van der Waals surface area (Å²) in [5.74, 6) is -0.149. The second kappa shape index (κ2) is 8.78. The fourth-order valence-corrected chi connectivity index (χ4v) is 4.70. The molecule has 1 aliphatic heterocycles. The number of carbonyl (C=O) groups is 1. The molecular weight excluding hydrogens is 382 g/mol. The van der Waals surface area contributed by atoms with Crippen LogP contribution < -0.4 is 0 Å². The molecule has 152 valence electrons. The van der Waals surface area contributed by atoms with E-state index in [1.54, 1.807) is 17.7 Å². The smallest absolute Gasteiger partial charge is 0.338 e. The Kier molecular flexibility index (Phi) is 6.40. The first-order valence-corrected chi connectivity index (χ1v) is 10.9. The zero-order valence-electron chi connectivity index (χ0n) is 16.2. The van der Waals surface area contributed by atoms with E-state index < -0.39 is 16.0 Å². The Morgan fingerprint density at radius 2 is 1.96 bits per heavy atom. The number of carbonyl (C=O) groups excluding carboxylic acids is 1. The molecule has 0 atom stereocenters. The highest BCUT2D eigenvalue weighted by Crippen LogP contribution is 2.23. The van der Waals surface area contributed by atoms with E-state index in [1.165, 1.54) is 16.4 Å². The highest BCUT2D eigenvalue weighted by molar-refractivity contribution is 7.89. The third kappa shape index (κ3) is 4.39. The van der Waals surface area contributed by atoms with E-state index in [0.29, 0.717) is 31.0 Å². The number of tetrazole rings is 1. The maximum atomic E-state index is 12.9. The standard InChI is InChI=1S/C18H25N5O4S/c1-3-9-23-17(19-20-21-23)13-27-18(24)16-12-15(8-7-14(16)2)28(25,26)22-10-5-4-6-11-22/h7-8,12H,3-6,9-11,13H2,1-2H3. The molecule has 1 aromatic carbocycles. The van der Waals surface area contributed by atoms with Gasteiger partial charge in [-0.05, 0) is 54.3 Å². The summed E-state index contributed by atoms with van der Waals surface area (Å²) in [4.78, 5) is 12.7. The van der Waals surface area contributed by atoms with Gasteiger partial charge in [-0.25, -0.2) is 17.9 Å². The Morgan fingerprint density at radius 1 is 1.21 bits per heavy atom. The largest absolute Gasteiger partial charge is 0.454 e. The summed E-state index contributed by atoms with van der Waals surface area (Å²) in [7, 11) is -3.62. The van der Waals surface area contributed by atoms with Crippen molar-refractivity contribution in [2.75, 3.05) is 13.1 Å². The van der Waals surface area contributed by atoms with E-state index in [4.69, 9.17) is 4.74 Å². The van der Waals surface area contributed by atoms with E-state index in [-0.39, 0.29) is 17.1 Å². The third-order valence-corrected chi connectivity index (χ3v) is 6.65. The van der Waals surface area contributed by atoms with Crippen molar-refractivity contribution < 1.29 is 17.9 Å². The van der Waals surface area contributed by atoms with E-state index >= 15 is 0 Å². The average molecular weight is 407 g/mol. The highest BCUT2D eigenvalue weighted by atomic mass is 32.2. The molecule has 0 aliphatic carbocycles. The van der Waals surface area contributed by atoms with Crippen molar-refractivity contribution in [2.45, 2.75) is 57.6 Å². The Labute approximate surface area is 164 Å². The summed E-state index contributed by atoms with van der Waals surface area (Å²) in [6.07, 6.45) is 3.59. The monoisotopic (exact) mass is 407 g/mol. The molecular formula is C18H25N5O4S. The van der Waals surface area contributed by atoms with Crippen LogP contribution in [0.25, 0.3) is 0 Å². The lowest BCUT2D eigenvalue weighted by molar-refractivity contribution is 0.0455. The molecule has 0 radical (unpaired) electrons. The second-order valence-corrected chi connectivity index (χ2v) is 8.77. The minimum absolute atomic E-state index is 0.0750. The van der Waals surface area contributed by atoms with Crippen LogP contribution in [0, 0.1) is 6.92 Å². The fraction of sp³-hybridized carbons (Fsp3) is 0.556. The predicted molar refractivity (Wildman–Crippen MR) is 101 cm³/mol. The molecule has 0 bridgehead atoms. The molecule has 1 saturated heterocycles. The summed E-state index contributed by atoms with van der Waals surface area (Å²) < 4.78 is 34.2. The van der Waals surface area contributed by atoms with E-state index in [0.717, 1.165) is 25.7 Å². The van der Waals surface area contributed by atoms with Crippen LogP contribution in [0.3, 0.4) is 0 Å². The molecule has 0 spiro atoms. The molecule has 0 unspecified atom stereocenters. The quantitative estimate of drug-likeness (QED) is 0.645. The van der Waals surface area contributed by atoms with Crippen LogP contribution in [0.5, 0.6) is 0 Å². The van der Waals surface area contributed by atoms with Crippen molar-refractivity contribution >= 4 is 16.0 Å². The van der Waals surface area contributed by atoms with Crippen molar-refractivity contribution in [1.82, 2.24) is 24.5 Å². The Balaban J connectivity index is 1.77. The molecule has 2 heterocycles. The van der Waals surface area contributed by atoms with Crippen LogP contribution in [0.2, 0.25) is 0 Å². The highest BCUT2D eigenvalue weighted by Gasteiger charge is 2.27. The number of aryl methyl sites for hydroxylation is 2. The predicted octanol–water partition coefficient (Wildman–Crippen LogP) is 1.92. The lowest BCUT2D eigenvalue weighted by atomic mass is 10.1.